The Labute approximate surface area is 144 Å². The summed E-state index contributed by atoms with van der Waals surface area (Å²) in [4.78, 5) is 27.1. The standard InChI is InChI=1S/C16H19ClN6O/c1-2-18-15-19-14(17)20-16(21-15)22-7-10-6-11(9-22)12-4-3-5-13(24)23(12)8-10/h3-5,10-11H,2,6-9H2,1H3,(H,18,19,20,21). The number of rotatable bonds is 3. The van der Waals surface area contributed by atoms with Crippen molar-refractivity contribution < 1.29 is 0 Å². The van der Waals surface area contributed by atoms with Crippen LogP contribution in [0.5, 0.6) is 0 Å². The molecule has 1 N–H and O–H groups in total. The average Bonchev–Trinajstić information content (AvgIpc) is 2.55. The zero-order valence-corrected chi connectivity index (χ0v) is 14.2. The first kappa shape index (κ1) is 15.4. The van der Waals surface area contributed by atoms with Gasteiger partial charge in [-0.15, -0.1) is 0 Å². The van der Waals surface area contributed by atoms with Crippen molar-refractivity contribution in [3.63, 3.8) is 0 Å². The lowest BCUT2D eigenvalue weighted by atomic mass is 9.83. The molecule has 7 nitrogen and oxygen atoms in total. The van der Waals surface area contributed by atoms with Gasteiger partial charge in [-0.2, -0.15) is 15.0 Å². The molecule has 8 heteroatoms. The second-order valence-electron chi connectivity index (χ2n) is 6.36. The van der Waals surface area contributed by atoms with Crippen molar-refractivity contribution in [2.75, 3.05) is 29.9 Å². The van der Waals surface area contributed by atoms with Crippen LogP contribution in [-0.4, -0.2) is 39.2 Å². The molecule has 2 aromatic heterocycles. The molecule has 0 amide bonds. The molecular formula is C16H19ClN6O. The third-order valence-electron chi connectivity index (χ3n) is 4.69. The monoisotopic (exact) mass is 346 g/mol. The van der Waals surface area contributed by atoms with Gasteiger partial charge < -0.3 is 14.8 Å². The van der Waals surface area contributed by atoms with E-state index in [0.717, 1.165) is 38.3 Å². The molecule has 24 heavy (non-hydrogen) atoms. The zero-order chi connectivity index (χ0) is 16.7. The Kier molecular flexibility index (Phi) is 3.88. The van der Waals surface area contributed by atoms with Gasteiger partial charge >= 0.3 is 0 Å². The Bertz CT molecular complexity index is 822. The van der Waals surface area contributed by atoms with E-state index < -0.39 is 0 Å². The van der Waals surface area contributed by atoms with Crippen molar-refractivity contribution in [2.45, 2.75) is 25.8 Å². The number of hydrogen-bond donors (Lipinski definition) is 1. The predicted molar refractivity (Wildman–Crippen MR) is 92.8 cm³/mol. The van der Waals surface area contributed by atoms with Crippen LogP contribution in [0.3, 0.4) is 0 Å². The molecule has 4 heterocycles. The Morgan fingerprint density at radius 3 is 2.96 bits per heavy atom. The molecule has 2 aliphatic heterocycles. The van der Waals surface area contributed by atoms with Gasteiger partial charge in [0.25, 0.3) is 5.56 Å². The Morgan fingerprint density at radius 1 is 1.25 bits per heavy atom. The minimum absolute atomic E-state index is 0.0910. The van der Waals surface area contributed by atoms with Crippen LogP contribution >= 0.6 is 11.6 Å². The normalized spacial score (nSPS) is 22.2. The molecule has 126 valence electrons. The van der Waals surface area contributed by atoms with E-state index in [4.69, 9.17) is 11.6 Å². The van der Waals surface area contributed by atoms with E-state index in [9.17, 15) is 4.79 Å². The van der Waals surface area contributed by atoms with Gasteiger partial charge in [0.15, 0.2) is 0 Å². The molecule has 0 aromatic carbocycles. The van der Waals surface area contributed by atoms with E-state index in [1.165, 1.54) is 0 Å². The van der Waals surface area contributed by atoms with Gasteiger partial charge in [-0.05, 0) is 36.9 Å². The molecule has 0 radical (unpaired) electrons. The van der Waals surface area contributed by atoms with Crippen molar-refractivity contribution in [3.05, 3.63) is 39.5 Å². The fraction of sp³-hybridized carbons (Fsp3) is 0.500. The number of nitrogens with one attached hydrogen (secondary N) is 1. The minimum Gasteiger partial charge on any atom is -0.354 e. The highest BCUT2D eigenvalue weighted by molar-refractivity contribution is 6.28. The summed E-state index contributed by atoms with van der Waals surface area (Å²) in [6.07, 6.45) is 1.10. The maximum atomic E-state index is 12.1. The largest absolute Gasteiger partial charge is 0.354 e. The number of pyridine rings is 1. The van der Waals surface area contributed by atoms with Gasteiger partial charge in [-0.3, -0.25) is 4.79 Å². The van der Waals surface area contributed by atoms with Crippen molar-refractivity contribution >= 4 is 23.5 Å². The Morgan fingerprint density at radius 2 is 2.12 bits per heavy atom. The second kappa shape index (κ2) is 6.05. The SMILES string of the molecule is CCNc1nc(Cl)nc(N2CC3CC(C2)c2cccc(=O)n2C3)n1. The van der Waals surface area contributed by atoms with E-state index in [1.807, 2.05) is 17.6 Å². The summed E-state index contributed by atoms with van der Waals surface area (Å²) in [5.74, 6) is 1.83. The lowest BCUT2D eigenvalue weighted by molar-refractivity contribution is 0.279. The zero-order valence-electron chi connectivity index (χ0n) is 13.4. The average molecular weight is 347 g/mol. The van der Waals surface area contributed by atoms with Gasteiger partial charge in [-0.1, -0.05) is 6.07 Å². The summed E-state index contributed by atoms with van der Waals surface area (Å²) in [6.45, 7) is 5.06. The van der Waals surface area contributed by atoms with Crippen molar-refractivity contribution in [1.29, 1.82) is 0 Å². The van der Waals surface area contributed by atoms with Gasteiger partial charge in [0.2, 0.25) is 17.2 Å². The van der Waals surface area contributed by atoms with Gasteiger partial charge in [-0.25, -0.2) is 0 Å². The molecule has 0 aliphatic carbocycles. The maximum absolute atomic E-state index is 12.1. The molecule has 2 atom stereocenters. The molecule has 0 spiro atoms. The van der Waals surface area contributed by atoms with E-state index in [1.54, 1.807) is 6.07 Å². The smallest absolute Gasteiger partial charge is 0.250 e. The van der Waals surface area contributed by atoms with E-state index >= 15 is 0 Å². The molecule has 1 fully saturated rings. The van der Waals surface area contributed by atoms with Crippen molar-refractivity contribution in [1.82, 2.24) is 19.5 Å². The highest BCUT2D eigenvalue weighted by Crippen LogP contribution is 2.36. The fourth-order valence-electron chi connectivity index (χ4n) is 3.78. The van der Waals surface area contributed by atoms with Crippen LogP contribution < -0.4 is 15.8 Å². The quantitative estimate of drug-likeness (QED) is 0.912. The molecule has 0 saturated carbocycles. The van der Waals surface area contributed by atoms with Crippen LogP contribution in [0.4, 0.5) is 11.9 Å². The van der Waals surface area contributed by atoms with Gasteiger partial charge in [0.1, 0.15) is 0 Å². The molecule has 2 bridgehead atoms. The van der Waals surface area contributed by atoms with E-state index in [0.29, 0.717) is 23.7 Å². The molecule has 1 saturated heterocycles. The predicted octanol–water partition coefficient (Wildman–Crippen LogP) is 1.74. The second-order valence-corrected chi connectivity index (χ2v) is 6.70. The highest BCUT2D eigenvalue weighted by atomic mass is 35.5. The first-order valence-electron chi connectivity index (χ1n) is 8.24. The van der Waals surface area contributed by atoms with Crippen LogP contribution in [0.25, 0.3) is 0 Å². The summed E-state index contributed by atoms with van der Waals surface area (Å²) in [5, 5.41) is 3.28. The van der Waals surface area contributed by atoms with Crippen molar-refractivity contribution in [3.8, 4) is 0 Å². The van der Waals surface area contributed by atoms with E-state index in [2.05, 4.69) is 31.2 Å². The Hall–Kier alpha value is -2.15. The third-order valence-corrected chi connectivity index (χ3v) is 4.86. The van der Waals surface area contributed by atoms with Crippen LogP contribution in [0.2, 0.25) is 5.28 Å². The summed E-state index contributed by atoms with van der Waals surface area (Å²) in [5.41, 5.74) is 1.20. The molecular weight excluding hydrogens is 328 g/mol. The lowest BCUT2D eigenvalue weighted by Crippen LogP contribution is -2.47. The van der Waals surface area contributed by atoms with Crippen molar-refractivity contribution in [2.24, 2.45) is 5.92 Å². The minimum atomic E-state index is 0.0910. The highest BCUT2D eigenvalue weighted by Gasteiger charge is 2.35. The number of anilines is 2. The van der Waals surface area contributed by atoms with E-state index in [-0.39, 0.29) is 10.8 Å². The third kappa shape index (κ3) is 2.73. The molecule has 4 rings (SSSR count). The number of halogens is 1. The van der Waals surface area contributed by atoms with Crippen LogP contribution in [-0.2, 0) is 6.54 Å². The first-order valence-corrected chi connectivity index (χ1v) is 8.62. The van der Waals surface area contributed by atoms with Gasteiger partial charge in [0, 0.05) is 43.9 Å². The lowest BCUT2D eigenvalue weighted by Gasteiger charge is -2.42. The number of nitrogens with zero attached hydrogens (tertiary/aromatic N) is 5. The number of fused-ring (bicyclic) bond motifs is 4. The fourth-order valence-corrected chi connectivity index (χ4v) is 3.93. The number of piperidine rings is 1. The summed E-state index contributed by atoms with van der Waals surface area (Å²) in [6, 6.07) is 5.53. The maximum Gasteiger partial charge on any atom is 0.250 e. The molecule has 2 unspecified atom stereocenters. The first-order chi connectivity index (χ1) is 11.6. The van der Waals surface area contributed by atoms with Crippen LogP contribution in [0.15, 0.2) is 23.0 Å². The summed E-state index contributed by atoms with van der Waals surface area (Å²) >= 11 is 6.05. The topological polar surface area (TPSA) is 75.9 Å². The number of aromatic nitrogens is 4. The summed E-state index contributed by atoms with van der Waals surface area (Å²) in [7, 11) is 0. The molecule has 2 aliphatic rings. The van der Waals surface area contributed by atoms with Crippen LogP contribution in [0.1, 0.15) is 25.0 Å². The Balaban J connectivity index is 1.66. The number of hydrogen-bond acceptors (Lipinski definition) is 6. The van der Waals surface area contributed by atoms with Crippen LogP contribution in [0, 0.1) is 5.92 Å². The summed E-state index contributed by atoms with van der Waals surface area (Å²) < 4.78 is 1.92. The molecule has 2 aromatic rings. The van der Waals surface area contributed by atoms with Gasteiger partial charge in [0.05, 0.1) is 0 Å².